The number of aromatic nitrogens is 1. The molecule has 0 aliphatic rings. The monoisotopic (exact) mass is 258 g/mol. The largest absolute Gasteiger partial charge is 0.396 e. The van der Waals surface area contributed by atoms with Crippen LogP contribution in [0.2, 0.25) is 0 Å². The molecule has 0 aliphatic heterocycles. The molecule has 1 rings (SSSR count). The Bertz CT molecular complexity index is 367. The van der Waals surface area contributed by atoms with Gasteiger partial charge < -0.3 is 15.2 Å². The molecular formula is C11H18N2O3S. The first-order valence-corrected chi connectivity index (χ1v) is 6.31. The number of hydrogen-bond donors (Lipinski definition) is 2. The van der Waals surface area contributed by atoms with Gasteiger partial charge in [0.1, 0.15) is 10.7 Å². The standard InChI is InChI=1S/C11H18N2O3S/c1-7(4-14)8(2)12-11(15)9-6-17-10(13-9)5-16-3/h6-8,14H,4-5H2,1-3H3,(H,12,15). The van der Waals surface area contributed by atoms with Gasteiger partial charge in [0.2, 0.25) is 0 Å². The molecule has 17 heavy (non-hydrogen) atoms. The van der Waals surface area contributed by atoms with Gasteiger partial charge in [-0.15, -0.1) is 11.3 Å². The summed E-state index contributed by atoms with van der Waals surface area (Å²) in [6.07, 6.45) is 0. The number of thiazole rings is 1. The summed E-state index contributed by atoms with van der Waals surface area (Å²) < 4.78 is 4.94. The molecular weight excluding hydrogens is 240 g/mol. The van der Waals surface area contributed by atoms with Crippen molar-refractivity contribution in [3.8, 4) is 0 Å². The summed E-state index contributed by atoms with van der Waals surface area (Å²) >= 11 is 1.40. The van der Waals surface area contributed by atoms with Crippen molar-refractivity contribution in [1.29, 1.82) is 0 Å². The van der Waals surface area contributed by atoms with E-state index in [0.29, 0.717) is 12.3 Å². The van der Waals surface area contributed by atoms with Crippen LogP contribution in [0, 0.1) is 5.92 Å². The van der Waals surface area contributed by atoms with Crippen LogP contribution in [-0.2, 0) is 11.3 Å². The number of amides is 1. The molecule has 5 nitrogen and oxygen atoms in total. The van der Waals surface area contributed by atoms with Gasteiger partial charge in [0.05, 0.1) is 6.61 Å². The number of hydrogen-bond acceptors (Lipinski definition) is 5. The molecule has 0 fully saturated rings. The molecule has 96 valence electrons. The van der Waals surface area contributed by atoms with Crippen LogP contribution in [0.25, 0.3) is 0 Å². The Kier molecular flexibility index (Phi) is 5.54. The number of nitrogens with one attached hydrogen (secondary N) is 1. The second kappa shape index (κ2) is 6.68. The molecule has 0 bridgehead atoms. The highest BCUT2D eigenvalue weighted by molar-refractivity contribution is 7.09. The maximum absolute atomic E-state index is 11.8. The van der Waals surface area contributed by atoms with Crippen LogP contribution in [0.15, 0.2) is 5.38 Å². The fourth-order valence-corrected chi connectivity index (χ4v) is 1.93. The minimum Gasteiger partial charge on any atom is -0.396 e. The topological polar surface area (TPSA) is 71.5 Å². The van der Waals surface area contributed by atoms with Crippen molar-refractivity contribution in [2.45, 2.75) is 26.5 Å². The third-order valence-electron chi connectivity index (χ3n) is 2.55. The predicted molar refractivity (Wildman–Crippen MR) is 66.0 cm³/mol. The van der Waals surface area contributed by atoms with Gasteiger partial charge in [-0.3, -0.25) is 4.79 Å². The average molecular weight is 258 g/mol. The number of carbonyl (C=O) groups excluding carboxylic acids is 1. The molecule has 0 aromatic carbocycles. The summed E-state index contributed by atoms with van der Waals surface area (Å²) in [4.78, 5) is 16.0. The number of rotatable bonds is 6. The van der Waals surface area contributed by atoms with Crippen molar-refractivity contribution < 1.29 is 14.6 Å². The van der Waals surface area contributed by atoms with E-state index in [9.17, 15) is 4.79 Å². The molecule has 1 amide bonds. The fraction of sp³-hybridized carbons (Fsp3) is 0.636. The number of carbonyl (C=O) groups is 1. The van der Waals surface area contributed by atoms with E-state index in [1.165, 1.54) is 11.3 Å². The van der Waals surface area contributed by atoms with Crippen LogP contribution >= 0.6 is 11.3 Å². The summed E-state index contributed by atoms with van der Waals surface area (Å²) in [6.45, 7) is 4.21. The molecule has 1 heterocycles. The lowest BCUT2D eigenvalue weighted by molar-refractivity contribution is 0.0911. The molecule has 6 heteroatoms. The van der Waals surface area contributed by atoms with E-state index in [-0.39, 0.29) is 24.5 Å². The van der Waals surface area contributed by atoms with E-state index in [2.05, 4.69) is 10.3 Å². The van der Waals surface area contributed by atoms with E-state index in [1.54, 1.807) is 12.5 Å². The predicted octanol–water partition coefficient (Wildman–Crippen LogP) is 1.04. The highest BCUT2D eigenvalue weighted by Crippen LogP contribution is 2.11. The molecule has 0 saturated heterocycles. The van der Waals surface area contributed by atoms with Crippen molar-refractivity contribution >= 4 is 17.2 Å². The Morgan fingerprint density at radius 2 is 2.35 bits per heavy atom. The van der Waals surface area contributed by atoms with Crippen molar-refractivity contribution in [1.82, 2.24) is 10.3 Å². The lowest BCUT2D eigenvalue weighted by Crippen LogP contribution is -2.38. The lowest BCUT2D eigenvalue weighted by atomic mass is 10.1. The summed E-state index contributed by atoms with van der Waals surface area (Å²) in [5, 5.41) is 14.3. The van der Waals surface area contributed by atoms with Gasteiger partial charge in [-0.1, -0.05) is 6.92 Å². The third kappa shape index (κ3) is 4.07. The van der Waals surface area contributed by atoms with Gasteiger partial charge in [0.15, 0.2) is 0 Å². The second-order valence-corrected chi connectivity index (χ2v) is 4.92. The quantitative estimate of drug-likeness (QED) is 0.799. The molecule has 0 radical (unpaired) electrons. The van der Waals surface area contributed by atoms with E-state index >= 15 is 0 Å². The summed E-state index contributed by atoms with van der Waals surface area (Å²) in [5.74, 6) is -0.188. The number of aliphatic hydroxyl groups is 1. The first-order chi connectivity index (χ1) is 8.08. The van der Waals surface area contributed by atoms with Crippen molar-refractivity contribution in [2.75, 3.05) is 13.7 Å². The van der Waals surface area contributed by atoms with E-state index in [0.717, 1.165) is 5.01 Å². The highest BCUT2D eigenvalue weighted by atomic mass is 32.1. The molecule has 1 aromatic rings. The Hall–Kier alpha value is -0.980. The minimum absolute atomic E-state index is 0.0241. The first-order valence-electron chi connectivity index (χ1n) is 5.43. The summed E-state index contributed by atoms with van der Waals surface area (Å²) in [7, 11) is 1.59. The van der Waals surface area contributed by atoms with Crippen LogP contribution in [0.5, 0.6) is 0 Å². The zero-order valence-corrected chi connectivity index (χ0v) is 11.1. The maximum Gasteiger partial charge on any atom is 0.270 e. The van der Waals surface area contributed by atoms with Gasteiger partial charge >= 0.3 is 0 Å². The van der Waals surface area contributed by atoms with Gasteiger partial charge in [-0.25, -0.2) is 4.98 Å². The SMILES string of the molecule is COCc1nc(C(=O)NC(C)C(C)CO)cs1. The maximum atomic E-state index is 11.8. The van der Waals surface area contributed by atoms with Gasteiger partial charge in [0, 0.05) is 25.1 Å². The minimum atomic E-state index is -0.212. The van der Waals surface area contributed by atoms with Crippen LogP contribution in [0.1, 0.15) is 29.3 Å². The van der Waals surface area contributed by atoms with E-state index < -0.39 is 0 Å². The normalized spacial score (nSPS) is 14.4. The number of nitrogens with zero attached hydrogens (tertiary/aromatic N) is 1. The summed E-state index contributed by atoms with van der Waals surface area (Å²) in [6, 6.07) is -0.0833. The number of ether oxygens (including phenoxy) is 1. The molecule has 2 unspecified atom stereocenters. The Balaban J connectivity index is 2.57. The second-order valence-electron chi connectivity index (χ2n) is 3.98. The Morgan fingerprint density at radius 3 is 2.94 bits per heavy atom. The van der Waals surface area contributed by atoms with Crippen molar-refractivity contribution in [3.63, 3.8) is 0 Å². The Morgan fingerprint density at radius 1 is 1.65 bits per heavy atom. The Labute approximate surface area is 105 Å². The number of aliphatic hydroxyl groups excluding tert-OH is 1. The first kappa shape index (κ1) is 14.1. The molecule has 2 atom stereocenters. The van der Waals surface area contributed by atoms with E-state index in [4.69, 9.17) is 9.84 Å². The van der Waals surface area contributed by atoms with Crippen LogP contribution in [0.3, 0.4) is 0 Å². The number of methoxy groups -OCH3 is 1. The van der Waals surface area contributed by atoms with Crippen LogP contribution in [0.4, 0.5) is 0 Å². The third-order valence-corrected chi connectivity index (χ3v) is 3.37. The average Bonchev–Trinajstić information content (AvgIpc) is 2.77. The van der Waals surface area contributed by atoms with Gasteiger partial charge in [-0.2, -0.15) is 0 Å². The molecule has 0 saturated carbocycles. The highest BCUT2D eigenvalue weighted by Gasteiger charge is 2.17. The molecule has 0 aliphatic carbocycles. The lowest BCUT2D eigenvalue weighted by Gasteiger charge is -2.18. The van der Waals surface area contributed by atoms with Gasteiger partial charge in [-0.05, 0) is 12.8 Å². The van der Waals surface area contributed by atoms with Gasteiger partial charge in [0.25, 0.3) is 5.91 Å². The smallest absolute Gasteiger partial charge is 0.270 e. The van der Waals surface area contributed by atoms with E-state index in [1.807, 2.05) is 13.8 Å². The zero-order valence-electron chi connectivity index (χ0n) is 10.3. The van der Waals surface area contributed by atoms with Crippen molar-refractivity contribution in [2.24, 2.45) is 5.92 Å². The molecule has 2 N–H and O–H groups in total. The molecule has 1 aromatic heterocycles. The zero-order chi connectivity index (χ0) is 12.8. The van der Waals surface area contributed by atoms with Crippen LogP contribution < -0.4 is 5.32 Å². The summed E-state index contributed by atoms with van der Waals surface area (Å²) in [5.41, 5.74) is 0.402. The van der Waals surface area contributed by atoms with Crippen LogP contribution in [-0.4, -0.2) is 35.8 Å². The molecule has 0 spiro atoms. The van der Waals surface area contributed by atoms with Crippen molar-refractivity contribution in [3.05, 3.63) is 16.1 Å². The fourth-order valence-electron chi connectivity index (χ4n) is 1.19.